The summed E-state index contributed by atoms with van der Waals surface area (Å²) in [6, 6.07) is 4.26. The van der Waals surface area contributed by atoms with E-state index in [1.54, 1.807) is 6.92 Å². The molecular formula is C13H12FNO3. The topological polar surface area (TPSA) is 70.2 Å². The highest BCUT2D eigenvalue weighted by molar-refractivity contribution is 5.80. The van der Waals surface area contributed by atoms with Crippen LogP contribution in [0.25, 0.3) is 10.9 Å². The Bertz CT molecular complexity index is 676. The van der Waals surface area contributed by atoms with Gasteiger partial charge in [-0.1, -0.05) is 6.07 Å². The van der Waals surface area contributed by atoms with Gasteiger partial charge in [-0.25, -0.2) is 4.39 Å². The Balaban J connectivity index is 2.62. The number of pyridine rings is 1. The first-order valence-electron chi connectivity index (χ1n) is 5.52. The van der Waals surface area contributed by atoms with Crippen molar-refractivity contribution in [3.63, 3.8) is 0 Å². The molecule has 1 aromatic carbocycles. The van der Waals surface area contributed by atoms with Crippen molar-refractivity contribution in [3.8, 4) is 0 Å². The number of fused-ring (bicyclic) bond motifs is 1. The summed E-state index contributed by atoms with van der Waals surface area (Å²) < 4.78 is 13.5. The first-order valence-corrected chi connectivity index (χ1v) is 5.52. The fourth-order valence-corrected chi connectivity index (χ4v) is 1.97. The number of para-hydroxylation sites is 1. The Morgan fingerprint density at radius 3 is 2.83 bits per heavy atom. The molecule has 2 N–H and O–H groups in total. The van der Waals surface area contributed by atoms with Crippen molar-refractivity contribution in [1.29, 1.82) is 0 Å². The molecule has 2 aromatic rings. The summed E-state index contributed by atoms with van der Waals surface area (Å²) in [5.74, 6) is -1.45. The number of rotatable bonds is 3. The zero-order valence-corrected chi connectivity index (χ0v) is 9.79. The number of aromatic nitrogens is 1. The molecule has 0 spiro atoms. The highest BCUT2D eigenvalue weighted by atomic mass is 19.1. The lowest BCUT2D eigenvalue weighted by Gasteiger charge is -2.07. The Morgan fingerprint density at radius 1 is 1.44 bits per heavy atom. The minimum Gasteiger partial charge on any atom is -0.481 e. The molecular weight excluding hydrogens is 237 g/mol. The molecule has 0 unspecified atom stereocenters. The number of nitrogens with one attached hydrogen (secondary N) is 1. The molecule has 0 bridgehead atoms. The lowest BCUT2D eigenvalue weighted by atomic mass is 10.0. The van der Waals surface area contributed by atoms with Crippen LogP contribution in [-0.4, -0.2) is 16.1 Å². The standard InChI is InChI=1S/C13H12FNO3/c1-7-8(5-6-11(16)17)13(18)9-3-2-4-10(14)12(9)15-7/h2-4H,5-6H2,1H3,(H,15,18)(H,16,17). The molecule has 2 rings (SSSR count). The molecule has 5 heteroatoms. The molecule has 0 saturated carbocycles. The first-order chi connectivity index (χ1) is 8.50. The van der Waals surface area contributed by atoms with Gasteiger partial charge in [-0.3, -0.25) is 9.59 Å². The summed E-state index contributed by atoms with van der Waals surface area (Å²) in [4.78, 5) is 25.5. The minimum atomic E-state index is -0.965. The van der Waals surface area contributed by atoms with E-state index >= 15 is 0 Å². The van der Waals surface area contributed by atoms with Gasteiger partial charge in [0.15, 0.2) is 5.43 Å². The van der Waals surface area contributed by atoms with Crippen LogP contribution in [-0.2, 0) is 11.2 Å². The normalized spacial score (nSPS) is 10.8. The van der Waals surface area contributed by atoms with Crippen LogP contribution in [0, 0.1) is 12.7 Å². The molecule has 0 atom stereocenters. The summed E-state index contributed by atoms with van der Waals surface area (Å²) in [6.45, 7) is 1.64. The van der Waals surface area contributed by atoms with E-state index in [1.165, 1.54) is 18.2 Å². The fraction of sp³-hybridized carbons (Fsp3) is 0.231. The average Bonchev–Trinajstić information content (AvgIpc) is 2.30. The second-order valence-corrected chi connectivity index (χ2v) is 4.11. The van der Waals surface area contributed by atoms with Crippen molar-refractivity contribution < 1.29 is 14.3 Å². The zero-order chi connectivity index (χ0) is 13.3. The number of carbonyl (C=O) groups is 1. The third kappa shape index (κ3) is 2.11. The highest BCUT2D eigenvalue weighted by Gasteiger charge is 2.12. The summed E-state index contributed by atoms with van der Waals surface area (Å²) in [5.41, 5.74) is 0.774. The van der Waals surface area contributed by atoms with Gasteiger partial charge in [0.25, 0.3) is 0 Å². The average molecular weight is 249 g/mol. The number of halogens is 1. The zero-order valence-electron chi connectivity index (χ0n) is 9.79. The van der Waals surface area contributed by atoms with E-state index in [2.05, 4.69) is 4.98 Å². The Labute approximate surface area is 102 Å². The van der Waals surface area contributed by atoms with Crippen LogP contribution >= 0.6 is 0 Å². The van der Waals surface area contributed by atoms with Crippen LogP contribution in [0.5, 0.6) is 0 Å². The number of hydrogen-bond acceptors (Lipinski definition) is 2. The minimum absolute atomic E-state index is 0.120. The van der Waals surface area contributed by atoms with Crippen molar-refractivity contribution in [2.24, 2.45) is 0 Å². The summed E-state index contributed by atoms with van der Waals surface area (Å²) in [6.07, 6.45) is 0.0215. The Morgan fingerprint density at radius 2 is 2.17 bits per heavy atom. The van der Waals surface area contributed by atoms with Gasteiger partial charge in [-0.15, -0.1) is 0 Å². The van der Waals surface area contributed by atoms with E-state index in [0.29, 0.717) is 11.3 Å². The van der Waals surface area contributed by atoms with Crippen molar-refractivity contribution in [2.45, 2.75) is 19.8 Å². The Hall–Kier alpha value is -2.17. The van der Waals surface area contributed by atoms with Crippen LogP contribution in [0.15, 0.2) is 23.0 Å². The number of hydrogen-bond donors (Lipinski definition) is 2. The maximum Gasteiger partial charge on any atom is 0.303 e. The molecule has 0 radical (unpaired) electrons. The molecule has 0 saturated heterocycles. The van der Waals surface area contributed by atoms with Gasteiger partial charge in [0.05, 0.1) is 5.52 Å². The summed E-state index contributed by atoms with van der Waals surface area (Å²) in [7, 11) is 0. The number of aliphatic carboxylic acids is 1. The van der Waals surface area contributed by atoms with Crippen LogP contribution in [0.2, 0.25) is 0 Å². The largest absolute Gasteiger partial charge is 0.481 e. The number of carboxylic acids is 1. The van der Waals surface area contributed by atoms with Gasteiger partial charge in [-0.05, 0) is 25.5 Å². The Kier molecular flexibility index (Phi) is 3.14. The third-order valence-corrected chi connectivity index (χ3v) is 2.89. The molecule has 0 aliphatic heterocycles. The second kappa shape index (κ2) is 4.60. The highest BCUT2D eigenvalue weighted by Crippen LogP contribution is 2.15. The van der Waals surface area contributed by atoms with Crippen molar-refractivity contribution in [3.05, 3.63) is 45.5 Å². The van der Waals surface area contributed by atoms with Crippen molar-refractivity contribution >= 4 is 16.9 Å². The number of aryl methyl sites for hydroxylation is 1. The number of aromatic amines is 1. The molecule has 18 heavy (non-hydrogen) atoms. The maximum absolute atomic E-state index is 13.5. The molecule has 0 amide bonds. The van der Waals surface area contributed by atoms with E-state index in [4.69, 9.17) is 5.11 Å². The van der Waals surface area contributed by atoms with Crippen molar-refractivity contribution in [1.82, 2.24) is 4.98 Å². The predicted molar refractivity (Wildman–Crippen MR) is 65.2 cm³/mol. The predicted octanol–water partition coefficient (Wildman–Crippen LogP) is 1.99. The van der Waals surface area contributed by atoms with Gasteiger partial charge in [0.2, 0.25) is 0 Å². The molecule has 0 fully saturated rings. The summed E-state index contributed by atoms with van der Waals surface area (Å²) in [5, 5.41) is 8.89. The van der Waals surface area contributed by atoms with Gasteiger partial charge >= 0.3 is 5.97 Å². The molecule has 1 aromatic heterocycles. The molecule has 1 heterocycles. The quantitative estimate of drug-likeness (QED) is 0.873. The lowest BCUT2D eigenvalue weighted by Crippen LogP contribution is -2.15. The smallest absolute Gasteiger partial charge is 0.303 e. The first kappa shape index (κ1) is 12.3. The monoisotopic (exact) mass is 249 g/mol. The van der Waals surface area contributed by atoms with Gasteiger partial charge in [0.1, 0.15) is 5.82 Å². The van der Waals surface area contributed by atoms with Gasteiger partial charge in [-0.2, -0.15) is 0 Å². The van der Waals surface area contributed by atoms with Crippen LogP contribution in [0.1, 0.15) is 17.7 Å². The van der Waals surface area contributed by atoms with E-state index in [1.807, 2.05) is 0 Å². The maximum atomic E-state index is 13.5. The van der Waals surface area contributed by atoms with E-state index < -0.39 is 11.8 Å². The molecule has 94 valence electrons. The van der Waals surface area contributed by atoms with Crippen LogP contribution < -0.4 is 5.43 Å². The molecule has 0 aliphatic carbocycles. The second-order valence-electron chi connectivity index (χ2n) is 4.11. The van der Waals surface area contributed by atoms with Gasteiger partial charge < -0.3 is 10.1 Å². The van der Waals surface area contributed by atoms with Crippen molar-refractivity contribution in [2.75, 3.05) is 0 Å². The van der Waals surface area contributed by atoms with Gasteiger partial charge in [0, 0.05) is 23.1 Å². The number of carboxylic acid groups (broad SMARTS) is 1. The van der Waals surface area contributed by atoms with Crippen LogP contribution in [0.3, 0.4) is 0 Å². The third-order valence-electron chi connectivity index (χ3n) is 2.89. The summed E-state index contributed by atoms with van der Waals surface area (Å²) >= 11 is 0. The number of H-pyrrole nitrogens is 1. The van der Waals surface area contributed by atoms with E-state index in [0.717, 1.165) is 0 Å². The molecule has 0 aliphatic rings. The van der Waals surface area contributed by atoms with Crippen LogP contribution in [0.4, 0.5) is 4.39 Å². The van der Waals surface area contributed by atoms with E-state index in [-0.39, 0.29) is 29.2 Å². The lowest BCUT2D eigenvalue weighted by molar-refractivity contribution is -0.136. The number of benzene rings is 1. The fourth-order valence-electron chi connectivity index (χ4n) is 1.97. The van der Waals surface area contributed by atoms with E-state index in [9.17, 15) is 14.0 Å². The molecule has 4 nitrogen and oxygen atoms in total. The SMILES string of the molecule is Cc1[nH]c2c(F)cccc2c(=O)c1CCC(=O)O.